The van der Waals surface area contributed by atoms with Gasteiger partial charge in [0.15, 0.2) is 0 Å². The van der Waals surface area contributed by atoms with Crippen LogP contribution in [0.15, 0.2) is 18.2 Å². The van der Waals surface area contributed by atoms with Crippen molar-refractivity contribution in [2.45, 2.75) is 71.4 Å². The van der Waals surface area contributed by atoms with Gasteiger partial charge < -0.3 is 15.0 Å². The third-order valence-electron chi connectivity index (χ3n) is 6.45. The van der Waals surface area contributed by atoms with Crippen LogP contribution in [0.5, 0.6) is 5.75 Å². The Labute approximate surface area is 176 Å². The molecule has 29 heavy (non-hydrogen) atoms. The summed E-state index contributed by atoms with van der Waals surface area (Å²) in [4.78, 5) is 17.0. The van der Waals surface area contributed by atoms with E-state index in [1.807, 2.05) is 18.7 Å². The van der Waals surface area contributed by atoms with Gasteiger partial charge in [-0.1, -0.05) is 13.0 Å². The smallest absolute Gasteiger partial charge is 0.317 e. The highest BCUT2D eigenvalue weighted by Gasteiger charge is 2.29. The van der Waals surface area contributed by atoms with Gasteiger partial charge in [0.25, 0.3) is 0 Å². The number of benzene rings is 1. The molecule has 1 aliphatic carbocycles. The van der Waals surface area contributed by atoms with E-state index in [0.717, 1.165) is 57.6 Å². The number of amides is 2. The molecule has 0 radical (unpaired) electrons. The van der Waals surface area contributed by atoms with Gasteiger partial charge >= 0.3 is 6.03 Å². The molecule has 0 bridgehead atoms. The van der Waals surface area contributed by atoms with Gasteiger partial charge in [-0.3, -0.25) is 4.90 Å². The summed E-state index contributed by atoms with van der Waals surface area (Å²) in [5.41, 5.74) is 2.95. The Balaban J connectivity index is 1.56. The van der Waals surface area contributed by atoms with Crippen molar-refractivity contribution >= 4 is 6.03 Å². The summed E-state index contributed by atoms with van der Waals surface area (Å²) in [6.45, 7) is 10.4. The number of hydrogen-bond donors (Lipinski definition) is 1. The van der Waals surface area contributed by atoms with Gasteiger partial charge in [0.05, 0.1) is 7.11 Å². The third kappa shape index (κ3) is 5.88. The fourth-order valence-electron chi connectivity index (χ4n) is 4.85. The van der Waals surface area contributed by atoms with Crippen LogP contribution in [0.4, 0.5) is 4.79 Å². The molecule has 1 unspecified atom stereocenters. The normalized spacial score (nSPS) is 20.1. The van der Waals surface area contributed by atoms with Crippen molar-refractivity contribution in [2.75, 3.05) is 33.3 Å². The second kappa shape index (κ2) is 10.3. The lowest BCUT2D eigenvalue weighted by molar-refractivity contribution is 0.116. The van der Waals surface area contributed by atoms with Crippen LogP contribution in [-0.2, 0) is 12.8 Å². The molecule has 3 rings (SSSR count). The van der Waals surface area contributed by atoms with Crippen LogP contribution >= 0.6 is 0 Å². The predicted molar refractivity (Wildman–Crippen MR) is 119 cm³/mol. The molecule has 2 aliphatic rings. The molecule has 1 fully saturated rings. The van der Waals surface area contributed by atoms with E-state index < -0.39 is 0 Å². The van der Waals surface area contributed by atoms with E-state index >= 15 is 0 Å². The first kappa shape index (κ1) is 21.9. The molecule has 1 saturated heterocycles. The number of likely N-dealkylation sites (tertiary alicyclic amines) is 1. The molecule has 1 N–H and O–H groups in total. The van der Waals surface area contributed by atoms with E-state index in [0.29, 0.717) is 12.0 Å². The van der Waals surface area contributed by atoms with Gasteiger partial charge in [-0.15, -0.1) is 0 Å². The molecule has 0 aromatic heterocycles. The lowest BCUT2D eigenvalue weighted by Crippen LogP contribution is -2.49. The lowest BCUT2D eigenvalue weighted by Gasteiger charge is -2.40. The zero-order valence-electron chi connectivity index (χ0n) is 18.7. The molecule has 1 aliphatic heterocycles. The van der Waals surface area contributed by atoms with Crippen molar-refractivity contribution in [3.8, 4) is 5.75 Å². The first-order valence-electron chi connectivity index (χ1n) is 11.5. The van der Waals surface area contributed by atoms with Crippen LogP contribution in [0, 0.1) is 5.92 Å². The summed E-state index contributed by atoms with van der Waals surface area (Å²) < 4.78 is 5.45. The fourth-order valence-corrected chi connectivity index (χ4v) is 4.85. The summed E-state index contributed by atoms with van der Waals surface area (Å²) in [7, 11) is 1.75. The molecule has 1 aromatic carbocycles. The molecule has 1 atom stereocenters. The van der Waals surface area contributed by atoms with Gasteiger partial charge in [-0.25, -0.2) is 4.79 Å². The van der Waals surface area contributed by atoms with Crippen LogP contribution in [-0.4, -0.2) is 61.2 Å². The first-order valence-corrected chi connectivity index (χ1v) is 11.5. The van der Waals surface area contributed by atoms with Gasteiger partial charge in [0.1, 0.15) is 5.75 Å². The number of piperidine rings is 1. The Morgan fingerprint density at radius 2 is 2.00 bits per heavy atom. The minimum absolute atomic E-state index is 0.0988. The number of ether oxygens (including phenoxy) is 1. The first-order chi connectivity index (χ1) is 14.0. The number of urea groups is 1. The Kier molecular flexibility index (Phi) is 7.82. The molecule has 0 saturated carbocycles. The summed E-state index contributed by atoms with van der Waals surface area (Å²) in [6, 6.07) is 7.49. The third-order valence-corrected chi connectivity index (χ3v) is 6.45. The van der Waals surface area contributed by atoms with E-state index in [2.05, 4.69) is 35.3 Å². The van der Waals surface area contributed by atoms with Gasteiger partial charge in [0.2, 0.25) is 0 Å². The van der Waals surface area contributed by atoms with Crippen molar-refractivity contribution in [2.24, 2.45) is 5.92 Å². The van der Waals surface area contributed by atoms with E-state index in [-0.39, 0.29) is 12.1 Å². The minimum atomic E-state index is 0.0988. The molecular weight excluding hydrogens is 362 g/mol. The van der Waals surface area contributed by atoms with Crippen LogP contribution in [0.1, 0.15) is 57.6 Å². The number of aryl methyl sites for hydroxylation is 1. The quantitative estimate of drug-likeness (QED) is 0.748. The summed E-state index contributed by atoms with van der Waals surface area (Å²) >= 11 is 0. The number of methoxy groups -OCH3 is 1. The highest BCUT2D eigenvalue weighted by molar-refractivity contribution is 5.74. The summed E-state index contributed by atoms with van der Waals surface area (Å²) in [5.74, 6) is 1.66. The highest BCUT2D eigenvalue weighted by atomic mass is 16.5. The van der Waals surface area contributed by atoms with Crippen LogP contribution in [0.2, 0.25) is 0 Å². The van der Waals surface area contributed by atoms with Crippen molar-refractivity contribution in [1.29, 1.82) is 0 Å². The Morgan fingerprint density at radius 3 is 2.66 bits per heavy atom. The lowest BCUT2D eigenvalue weighted by atomic mass is 9.86. The van der Waals surface area contributed by atoms with Crippen molar-refractivity contribution in [3.63, 3.8) is 0 Å². The zero-order chi connectivity index (χ0) is 20.8. The second-order valence-electron chi connectivity index (χ2n) is 9.06. The fraction of sp³-hybridized carbons (Fsp3) is 0.708. The Bertz CT molecular complexity index is 668. The largest absolute Gasteiger partial charge is 0.497 e. The van der Waals surface area contributed by atoms with Crippen molar-refractivity contribution < 1.29 is 9.53 Å². The standard InChI is InChI=1S/C24H39N3O2/c1-5-12-27(17-19-10-13-26(14-11-19)24(28)25-18(2)3)22-8-6-20-7-9-23(29-4)16-21(20)15-22/h7,9,16,18-19,22H,5-6,8,10-15,17H2,1-4H3,(H,25,28). The molecule has 5 heteroatoms. The van der Waals surface area contributed by atoms with Gasteiger partial charge in [0, 0.05) is 31.7 Å². The highest BCUT2D eigenvalue weighted by Crippen LogP contribution is 2.29. The zero-order valence-corrected chi connectivity index (χ0v) is 18.7. The molecule has 0 spiro atoms. The van der Waals surface area contributed by atoms with E-state index in [1.54, 1.807) is 7.11 Å². The average Bonchev–Trinajstić information content (AvgIpc) is 2.72. The van der Waals surface area contributed by atoms with E-state index in [1.165, 1.54) is 24.0 Å². The maximum absolute atomic E-state index is 12.3. The summed E-state index contributed by atoms with van der Waals surface area (Å²) in [5, 5.41) is 3.03. The number of carbonyl (C=O) groups excluding carboxylic acids is 1. The van der Waals surface area contributed by atoms with Crippen LogP contribution in [0.3, 0.4) is 0 Å². The SMILES string of the molecule is CCCN(CC1CCN(C(=O)NC(C)C)CC1)C1CCc2ccc(OC)cc2C1. The van der Waals surface area contributed by atoms with Gasteiger partial charge in [-0.05, 0) is 88.1 Å². The topological polar surface area (TPSA) is 44.8 Å². The molecular formula is C24H39N3O2. The maximum Gasteiger partial charge on any atom is 0.317 e. The average molecular weight is 402 g/mol. The number of carbonyl (C=O) groups is 1. The molecule has 162 valence electrons. The summed E-state index contributed by atoms with van der Waals surface area (Å²) in [6.07, 6.45) is 6.96. The van der Waals surface area contributed by atoms with Crippen LogP contribution in [0.25, 0.3) is 0 Å². The van der Waals surface area contributed by atoms with Crippen LogP contribution < -0.4 is 10.1 Å². The molecule has 1 aromatic rings. The number of nitrogens with one attached hydrogen (secondary N) is 1. The maximum atomic E-state index is 12.3. The Morgan fingerprint density at radius 1 is 1.24 bits per heavy atom. The molecule has 2 amide bonds. The monoisotopic (exact) mass is 401 g/mol. The van der Waals surface area contributed by atoms with E-state index in [9.17, 15) is 4.79 Å². The second-order valence-corrected chi connectivity index (χ2v) is 9.06. The van der Waals surface area contributed by atoms with Gasteiger partial charge in [-0.2, -0.15) is 0 Å². The number of fused-ring (bicyclic) bond motifs is 1. The molecule has 5 nitrogen and oxygen atoms in total. The van der Waals surface area contributed by atoms with Crippen molar-refractivity contribution in [1.82, 2.24) is 15.1 Å². The van der Waals surface area contributed by atoms with E-state index in [4.69, 9.17) is 4.74 Å². The minimum Gasteiger partial charge on any atom is -0.497 e. The number of nitrogens with zero attached hydrogens (tertiary/aromatic N) is 2. The van der Waals surface area contributed by atoms with Crippen molar-refractivity contribution in [3.05, 3.63) is 29.3 Å². The Hall–Kier alpha value is -1.75. The number of hydrogen-bond acceptors (Lipinski definition) is 3. The number of rotatable bonds is 7. The molecule has 1 heterocycles. The predicted octanol–water partition coefficient (Wildman–Crippen LogP) is 4.09.